The van der Waals surface area contributed by atoms with Crippen molar-refractivity contribution in [3.8, 4) is 11.5 Å². The van der Waals surface area contributed by atoms with E-state index in [0.717, 1.165) is 11.4 Å². The van der Waals surface area contributed by atoms with E-state index >= 15 is 0 Å². The molecule has 5 heteroatoms. The first-order valence-corrected chi connectivity index (χ1v) is 5.35. The number of nitrogens with one attached hydrogen (secondary N) is 1. The number of hydrogen-bond donors (Lipinski definition) is 2. The molecule has 0 saturated carbocycles. The minimum atomic E-state index is -0.788. The predicted octanol–water partition coefficient (Wildman–Crippen LogP) is 1.98. The van der Waals surface area contributed by atoms with E-state index in [1.807, 2.05) is 6.07 Å². The Kier molecular flexibility index (Phi) is 5.13. The fourth-order valence-corrected chi connectivity index (χ4v) is 1.41. The number of ether oxygens (including phenoxy) is 2. The van der Waals surface area contributed by atoms with Crippen molar-refractivity contribution in [2.75, 3.05) is 26.1 Å². The second kappa shape index (κ2) is 6.62. The Bertz CT molecular complexity index is 379. The van der Waals surface area contributed by atoms with Gasteiger partial charge in [0.15, 0.2) is 0 Å². The third-order valence-electron chi connectivity index (χ3n) is 2.29. The van der Waals surface area contributed by atoms with Crippen LogP contribution in [-0.2, 0) is 4.79 Å². The molecule has 2 N–H and O–H groups in total. The molecule has 1 aromatic carbocycles. The van der Waals surface area contributed by atoms with Crippen molar-refractivity contribution in [2.45, 2.75) is 12.8 Å². The Labute approximate surface area is 100 Å². The molecule has 0 radical (unpaired) electrons. The van der Waals surface area contributed by atoms with E-state index in [-0.39, 0.29) is 6.42 Å². The topological polar surface area (TPSA) is 67.8 Å². The average molecular weight is 239 g/mol. The van der Waals surface area contributed by atoms with E-state index in [0.29, 0.717) is 18.7 Å². The largest absolute Gasteiger partial charge is 0.497 e. The fourth-order valence-electron chi connectivity index (χ4n) is 1.41. The highest BCUT2D eigenvalue weighted by Crippen LogP contribution is 2.28. The molecule has 0 fully saturated rings. The lowest BCUT2D eigenvalue weighted by Gasteiger charge is -2.12. The molecule has 0 aromatic heterocycles. The lowest BCUT2D eigenvalue weighted by molar-refractivity contribution is -0.137. The molecular weight excluding hydrogens is 222 g/mol. The molecule has 17 heavy (non-hydrogen) atoms. The van der Waals surface area contributed by atoms with Crippen molar-refractivity contribution >= 4 is 11.7 Å². The molecule has 0 aliphatic carbocycles. The van der Waals surface area contributed by atoms with Crippen LogP contribution in [0.2, 0.25) is 0 Å². The van der Waals surface area contributed by atoms with Crippen molar-refractivity contribution in [3.63, 3.8) is 0 Å². The zero-order valence-corrected chi connectivity index (χ0v) is 10.0. The summed E-state index contributed by atoms with van der Waals surface area (Å²) in [5, 5.41) is 11.6. The summed E-state index contributed by atoms with van der Waals surface area (Å²) in [6.45, 7) is 0.579. The van der Waals surface area contributed by atoms with Gasteiger partial charge in [0.05, 0.1) is 19.9 Å². The van der Waals surface area contributed by atoms with Gasteiger partial charge in [0.25, 0.3) is 0 Å². The van der Waals surface area contributed by atoms with Gasteiger partial charge in [-0.05, 0) is 18.6 Å². The quantitative estimate of drug-likeness (QED) is 0.712. The van der Waals surface area contributed by atoms with Gasteiger partial charge in [-0.3, -0.25) is 4.79 Å². The summed E-state index contributed by atoms with van der Waals surface area (Å²) in [4.78, 5) is 10.4. The molecule has 1 aromatic rings. The Morgan fingerprint density at radius 3 is 2.71 bits per heavy atom. The summed E-state index contributed by atoms with van der Waals surface area (Å²) in [5.74, 6) is 0.650. The molecule has 1 rings (SSSR count). The van der Waals surface area contributed by atoms with E-state index in [9.17, 15) is 4.79 Å². The average Bonchev–Trinajstić information content (AvgIpc) is 2.34. The molecule has 5 nitrogen and oxygen atoms in total. The highest BCUT2D eigenvalue weighted by Gasteiger charge is 2.04. The normalized spacial score (nSPS) is 9.76. The maximum atomic E-state index is 10.4. The SMILES string of the molecule is COc1ccc(OC)c(NCCCC(=O)O)c1. The molecule has 0 heterocycles. The molecule has 0 unspecified atom stereocenters. The van der Waals surface area contributed by atoms with Crippen LogP contribution in [0.5, 0.6) is 11.5 Å². The van der Waals surface area contributed by atoms with Crippen molar-refractivity contribution in [1.29, 1.82) is 0 Å². The number of methoxy groups -OCH3 is 2. The van der Waals surface area contributed by atoms with E-state index in [4.69, 9.17) is 14.6 Å². The summed E-state index contributed by atoms with van der Waals surface area (Å²) < 4.78 is 10.3. The van der Waals surface area contributed by atoms with E-state index < -0.39 is 5.97 Å². The number of rotatable bonds is 7. The standard InChI is InChI=1S/C12H17NO4/c1-16-9-5-6-11(17-2)10(8-9)13-7-3-4-12(14)15/h5-6,8,13H,3-4,7H2,1-2H3,(H,14,15). The second-order valence-corrected chi connectivity index (χ2v) is 3.49. The minimum Gasteiger partial charge on any atom is -0.497 e. The van der Waals surface area contributed by atoms with E-state index in [1.54, 1.807) is 26.4 Å². The fraction of sp³-hybridized carbons (Fsp3) is 0.417. The number of carbonyl (C=O) groups is 1. The van der Waals surface area contributed by atoms with Gasteiger partial charge < -0.3 is 19.9 Å². The first kappa shape index (κ1) is 13.2. The van der Waals surface area contributed by atoms with Gasteiger partial charge in [-0.2, -0.15) is 0 Å². The molecule has 94 valence electrons. The Hall–Kier alpha value is -1.91. The van der Waals surface area contributed by atoms with Crippen LogP contribution in [0.1, 0.15) is 12.8 Å². The van der Waals surface area contributed by atoms with Crippen LogP contribution in [0, 0.1) is 0 Å². The smallest absolute Gasteiger partial charge is 0.303 e. The van der Waals surface area contributed by atoms with Gasteiger partial charge in [-0.25, -0.2) is 0 Å². The van der Waals surface area contributed by atoms with E-state index in [2.05, 4.69) is 5.32 Å². The van der Waals surface area contributed by atoms with Crippen LogP contribution in [0.4, 0.5) is 5.69 Å². The molecular formula is C12H17NO4. The summed E-state index contributed by atoms with van der Waals surface area (Å²) >= 11 is 0. The van der Waals surface area contributed by atoms with Gasteiger partial charge in [-0.15, -0.1) is 0 Å². The number of carboxylic acid groups (broad SMARTS) is 1. The van der Waals surface area contributed by atoms with Gasteiger partial charge in [0.1, 0.15) is 11.5 Å². The Morgan fingerprint density at radius 2 is 2.12 bits per heavy atom. The zero-order chi connectivity index (χ0) is 12.7. The monoisotopic (exact) mass is 239 g/mol. The number of hydrogen-bond acceptors (Lipinski definition) is 4. The minimum absolute atomic E-state index is 0.152. The molecule has 0 saturated heterocycles. The summed E-state index contributed by atoms with van der Waals surface area (Å²) in [6, 6.07) is 5.43. The number of carboxylic acids is 1. The third-order valence-corrected chi connectivity index (χ3v) is 2.29. The van der Waals surface area contributed by atoms with Gasteiger partial charge in [-0.1, -0.05) is 0 Å². The van der Waals surface area contributed by atoms with Gasteiger partial charge in [0, 0.05) is 19.0 Å². The van der Waals surface area contributed by atoms with Crippen LogP contribution < -0.4 is 14.8 Å². The van der Waals surface area contributed by atoms with Gasteiger partial charge in [0.2, 0.25) is 0 Å². The molecule has 0 spiro atoms. The summed E-state index contributed by atoms with van der Waals surface area (Å²) in [6.07, 6.45) is 0.717. The highest BCUT2D eigenvalue weighted by atomic mass is 16.5. The first-order valence-electron chi connectivity index (χ1n) is 5.35. The number of aliphatic carboxylic acids is 1. The Morgan fingerprint density at radius 1 is 1.35 bits per heavy atom. The number of benzene rings is 1. The van der Waals surface area contributed by atoms with E-state index in [1.165, 1.54) is 0 Å². The molecule has 0 atom stereocenters. The van der Waals surface area contributed by atoms with Crippen LogP contribution in [0.3, 0.4) is 0 Å². The maximum absolute atomic E-state index is 10.4. The summed E-state index contributed by atoms with van der Waals surface area (Å²) in [5.41, 5.74) is 0.803. The molecule has 0 aliphatic rings. The van der Waals surface area contributed by atoms with Crippen molar-refractivity contribution < 1.29 is 19.4 Å². The summed E-state index contributed by atoms with van der Waals surface area (Å²) in [7, 11) is 3.18. The number of anilines is 1. The Balaban J connectivity index is 2.58. The predicted molar refractivity (Wildman–Crippen MR) is 64.9 cm³/mol. The van der Waals surface area contributed by atoms with Crippen LogP contribution in [0.25, 0.3) is 0 Å². The van der Waals surface area contributed by atoms with Crippen molar-refractivity contribution in [2.24, 2.45) is 0 Å². The maximum Gasteiger partial charge on any atom is 0.303 e. The molecule has 0 aliphatic heterocycles. The van der Waals surface area contributed by atoms with Crippen molar-refractivity contribution in [1.82, 2.24) is 0 Å². The van der Waals surface area contributed by atoms with Crippen molar-refractivity contribution in [3.05, 3.63) is 18.2 Å². The van der Waals surface area contributed by atoms with Gasteiger partial charge >= 0.3 is 5.97 Å². The lowest BCUT2D eigenvalue weighted by Crippen LogP contribution is -2.06. The lowest BCUT2D eigenvalue weighted by atomic mass is 10.2. The molecule has 0 amide bonds. The molecule has 0 bridgehead atoms. The van der Waals surface area contributed by atoms with Crippen LogP contribution in [0.15, 0.2) is 18.2 Å². The third kappa shape index (κ3) is 4.22. The zero-order valence-electron chi connectivity index (χ0n) is 10.0. The first-order chi connectivity index (χ1) is 8.17. The van der Waals surface area contributed by atoms with Crippen LogP contribution >= 0.6 is 0 Å². The van der Waals surface area contributed by atoms with Crippen LogP contribution in [-0.4, -0.2) is 31.8 Å². The second-order valence-electron chi connectivity index (χ2n) is 3.49. The highest BCUT2D eigenvalue weighted by molar-refractivity contribution is 5.66.